The van der Waals surface area contributed by atoms with Crippen molar-refractivity contribution >= 4 is 22.6 Å². The van der Waals surface area contributed by atoms with Gasteiger partial charge in [-0.15, -0.1) is 0 Å². The first-order chi connectivity index (χ1) is 9.56. The van der Waals surface area contributed by atoms with Crippen molar-refractivity contribution in [3.05, 3.63) is 61.3 Å². The molecule has 1 aromatic carbocycles. The molecule has 2 aromatic rings. The molecule has 0 aliphatic heterocycles. The van der Waals surface area contributed by atoms with Gasteiger partial charge < -0.3 is 4.98 Å². The minimum absolute atomic E-state index is 0.0145. The monoisotopic (exact) mass is 382 g/mol. The molecule has 0 amide bonds. The molecular formula is C16H19IN2O. The topological polar surface area (TPSA) is 45.8 Å². The lowest BCUT2D eigenvalue weighted by molar-refractivity contribution is 0.625. The normalized spacial score (nSPS) is 11.0. The number of H-pyrrole nitrogens is 1. The zero-order valence-corrected chi connectivity index (χ0v) is 14.0. The number of hydrogen-bond acceptors (Lipinski definition) is 2. The maximum absolute atomic E-state index is 12.0. The van der Waals surface area contributed by atoms with E-state index in [2.05, 4.69) is 58.5 Å². The van der Waals surface area contributed by atoms with Gasteiger partial charge in [0, 0.05) is 6.42 Å². The highest BCUT2D eigenvalue weighted by molar-refractivity contribution is 14.1. The van der Waals surface area contributed by atoms with Crippen molar-refractivity contribution in [2.24, 2.45) is 5.92 Å². The summed E-state index contributed by atoms with van der Waals surface area (Å²) in [4.78, 5) is 19.5. The lowest BCUT2D eigenvalue weighted by Gasteiger charge is -2.09. The van der Waals surface area contributed by atoms with Gasteiger partial charge in [0.15, 0.2) is 0 Å². The van der Waals surface area contributed by atoms with E-state index >= 15 is 0 Å². The number of aryl methyl sites for hydroxylation is 2. The molecule has 1 aromatic heterocycles. The first-order valence-corrected chi connectivity index (χ1v) is 7.95. The minimum Gasteiger partial charge on any atom is -0.310 e. The molecule has 0 fully saturated rings. The Hall–Kier alpha value is -1.17. The molecule has 2 rings (SSSR count). The predicted molar refractivity (Wildman–Crippen MR) is 90.0 cm³/mol. The van der Waals surface area contributed by atoms with Gasteiger partial charge >= 0.3 is 0 Å². The van der Waals surface area contributed by atoms with Crippen molar-refractivity contribution in [1.29, 1.82) is 0 Å². The summed E-state index contributed by atoms with van der Waals surface area (Å²) in [6, 6.07) is 10.3. The van der Waals surface area contributed by atoms with Crippen molar-refractivity contribution in [2.45, 2.75) is 33.1 Å². The molecule has 0 aliphatic carbocycles. The van der Waals surface area contributed by atoms with E-state index in [1.165, 1.54) is 5.56 Å². The Kier molecular flexibility index (Phi) is 5.34. The van der Waals surface area contributed by atoms with Crippen molar-refractivity contribution in [3.63, 3.8) is 0 Å². The van der Waals surface area contributed by atoms with Crippen LogP contribution in [0.5, 0.6) is 0 Å². The highest BCUT2D eigenvalue weighted by atomic mass is 127. The highest BCUT2D eigenvalue weighted by Crippen LogP contribution is 2.11. The molecule has 0 atom stereocenters. The second-order valence-electron chi connectivity index (χ2n) is 5.36. The molecule has 0 saturated heterocycles. The summed E-state index contributed by atoms with van der Waals surface area (Å²) in [6.07, 6.45) is 2.51. The molecule has 20 heavy (non-hydrogen) atoms. The van der Waals surface area contributed by atoms with E-state index in [1.807, 2.05) is 18.2 Å². The van der Waals surface area contributed by atoms with E-state index in [-0.39, 0.29) is 5.56 Å². The third kappa shape index (κ3) is 4.16. The van der Waals surface area contributed by atoms with Crippen molar-refractivity contribution in [2.75, 3.05) is 0 Å². The summed E-state index contributed by atoms with van der Waals surface area (Å²) in [7, 11) is 0. The highest BCUT2D eigenvalue weighted by Gasteiger charge is 2.10. The van der Waals surface area contributed by atoms with Gasteiger partial charge in [-0.2, -0.15) is 0 Å². The summed E-state index contributed by atoms with van der Waals surface area (Å²) >= 11 is 2.09. The fourth-order valence-electron chi connectivity index (χ4n) is 2.10. The minimum atomic E-state index is -0.0145. The molecule has 4 heteroatoms. The Bertz CT molecular complexity index is 620. The zero-order chi connectivity index (χ0) is 14.5. The molecule has 0 bridgehead atoms. The Labute approximate surface area is 133 Å². The number of nitrogens with zero attached hydrogens (tertiary/aromatic N) is 1. The standard InChI is InChI=1S/C16H19IN2O/c1-11(2)10-13-15(17)16(20)19-14(18-13)9-8-12-6-4-3-5-7-12/h3-7,11H,8-10H2,1-2H3,(H,18,19,20). The van der Waals surface area contributed by atoms with Crippen LogP contribution in [0, 0.1) is 9.49 Å². The molecular weight excluding hydrogens is 363 g/mol. The van der Waals surface area contributed by atoms with E-state index in [9.17, 15) is 4.79 Å². The van der Waals surface area contributed by atoms with Crippen LogP contribution >= 0.6 is 22.6 Å². The van der Waals surface area contributed by atoms with Gasteiger partial charge in [0.2, 0.25) is 0 Å². The Morgan fingerprint density at radius 1 is 1.20 bits per heavy atom. The van der Waals surface area contributed by atoms with Gasteiger partial charge in [-0.25, -0.2) is 4.98 Å². The summed E-state index contributed by atoms with van der Waals surface area (Å²) in [5.41, 5.74) is 2.17. The maximum Gasteiger partial charge on any atom is 0.264 e. The van der Waals surface area contributed by atoms with Crippen LogP contribution < -0.4 is 5.56 Å². The fourth-order valence-corrected chi connectivity index (χ4v) is 2.58. The SMILES string of the molecule is CC(C)Cc1nc(CCc2ccccc2)[nH]c(=O)c1I. The van der Waals surface area contributed by atoms with Crippen LogP contribution in [-0.4, -0.2) is 9.97 Å². The summed E-state index contributed by atoms with van der Waals surface area (Å²) in [6.45, 7) is 4.28. The number of hydrogen-bond donors (Lipinski definition) is 1. The smallest absolute Gasteiger partial charge is 0.264 e. The van der Waals surface area contributed by atoms with Gasteiger partial charge in [0.05, 0.1) is 9.26 Å². The number of rotatable bonds is 5. The molecule has 3 nitrogen and oxygen atoms in total. The van der Waals surface area contributed by atoms with Crippen molar-refractivity contribution in [3.8, 4) is 0 Å². The summed E-state index contributed by atoms with van der Waals surface area (Å²) in [5, 5.41) is 0. The Balaban J connectivity index is 2.16. The molecule has 0 spiro atoms. The number of aromatic amines is 1. The lowest BCUT2D eigenvalue weighted by atomic mass is 10.1. The summed E-state index contributed by atoms with van der Waals surface area (Å²) in [5.74, 6) is 1.29. The lowest BCUT2D eigenvalue weighted by Crippen LogP contribution is -2.19. The van der Waals surface area contributed by atoms with Crippen LogP contribution in [0.3, 0.4) is 0 Å². The van der Waals surface area contributed by atoms with Crippen LogP contribution in [0.15, 0.2) is 35.1 Å². The number of benzene rings is 1. The Morgan fingerprint density at radius 3 is 2.55 bits per heavy atom. The van der Waals surface area contributed by atoms with Crippen LogP contribution in [0.25, 0.3) is 0 Å². The zero-order valence-electron chi connectivity index (χ0n) is 11.8. The summed E-state index contributed by atoms with van der Waals surface area (Å²) < 4.78 is 0.722. The van der Waals surface area contributed by atoms with Crippen LogP contribution in [0.4, 0.5) is 0 Å². The van der Waals surface area contributed by atoms with E-state index in [0.717, 1.165) is 34.4 Å². The first-order valence-electron chi connectivity index (χ1n) is 6.87. The molecule has 0 radical (unpaired) electrons. The maximum atomic E-state index is 12.0. The molecule has 0 saturated carbocycles. The van der Waals surface area contributed by atoms with Gasteiger partial charge in [-0.05, 0) is 46.9 Å². The van der Waals surface area contributed by atoms with E-state index < -0.39 is 0 Å². The molecule has 1 N–H and O–H groups in total. The average molecular weight is 382 g/mol. The van der Waals surface area contributed by atoms with E-state index in [0.29, 0.717) is 5.92 Å². The largest absolute Gasteiger partial charge is 0.310 e. The van der Waals surface area contributed by atoms with Crippen molar-refractivity contribution in [1.82, 2.24) is 9.97 Å². The van der Waals surface area contributed by atoms with Crippen molar-refractivity contribution < 1.29 is 0 Å². The van der Waals surface area contributed by atoms with Gasteiger partial charge in [-0.1, -0.05) is 44.2 Å². The molecule has 0 aliphatic rings. The fraction of sp³-hybridized carbons (Fsp3) is 0.375. The van der Waals surface area contributed by atoms with Gasteiger partial charge in [-0.3, -0.25) is 4.79 Å². The molecule has 106 valence electrons. The van der Waals surface area contributed by atoms with E-state index in [1.54, 1.807) is 0 Å². The van der Waals surface area contributed by atoms with Crippen LogP contribution in [0.2, 0.25) is 0 Å². The third-order valence-corrected chi connectivity index (χ3v) is 4.19. The van der Waals surface area contributed by atoms with Gasteiger partial charge in [0.1, 0.15) is 5.82 Å². The molecule has 1 heterocycles. The number of nitrogens with one attached hydrogen (secondary N) is 1. The number of halogens is 1. The van der Waals surface area contributed by atoms with E-state index in [4.69, 9.17) is 0 Å². The van der Waals surface area contributed by atoms with Crippen LogP contribution in [0.1, 0.15) is 30.9 Å². The quantitative estimate of drug-likeness (QED) is 0.807. The Morgan fingerprint density at radius 2 is 1.90 bits per heavy atom. The predicted octanol–water partition coefficient (Wildman–Crippen LogP) is 3.36. The van der Waals surface area contributed by atoms with Gasteiger partial charge in [0.25, 0.3) is 5.56 Å². The van der Waals surface area contributed by atoms with Crippen LogP contribution in [-0.2, 0) is 19.3 Å². The molecule has 0 unspecified atom stereocenters. The second kappa shape index (κ2) is 7.02. The third-order valence-electron chi connectivity index (χ3n) is 3.08. The average Bonchev–Trinajstić information content (AvgIpc) is 2.42. The first kappa shape index (κ1) is 15.2. The second-order valence-corrected chi connectivity index (χ2v) is 6.44. The number of aromatic nitrogens is 2.